The zero-order valence-electron chi connectivity index (χ0n) is 12.0. The second-order valence-electron chi connectivity index (χ2n) is 4.76. The molecule has 1 aromatic carbocycles. The number of hydrogen-bond acceptors (Lipinski definition) is 5. The summed E-state index contributed by atoms with van der Waals surface area (Å²) in [4.78, 5) is 22.8. The molecule has 0 atom stereocenters. The third-order valence-corrected chi connectivity index (χ3v) is 2.55. The van der Waals surface area contributed by atoms with Gasteiger partial charge in [0, 0.05) is 23.9 Å². The van der Waals surface area contributed by atoms with Crippen LogP contribution in [0.2, 0.25) is 0 Å². The summed E-state index contributed by atoms with van der Waals surface area (Å²) >= 11 is 0. The standard InChI is InChI=1S/C14H15N3O5/c1-8(2)22-11-6-9(5-10(18)7-11)13(19)15-12-3-4-17(16-12)14(20)21/h3-8,18H,1-2H3,(H,20,21)(H,15,16,19). The van der Waals surface area contributed by atoms with E-state index in [0.717, 1.165) is 0 Å². The number of nitrogens with zero attached hydrogens (tertiary/aromatic N) is 2. The molecule has 0 aliphatic rings. The number of carbonyl (C=O) groups excluding carboxylic acids is 1. The van der Waals surface area contributed by atoms with E-state index in [2.05, 4.69) is 10.4 Å². The molecule has 0 bridgehead atoms. The molecule has 0 fully saturated rings. The number of aromatic hydroxyl groups is 1. The Labute approximate surface area is 125 Å². The van der Waals surface area contributed by atoms with Crippen LogP contribution in [0, 0.1) is 0 Å². The van der Waals surface area contributed by atoms with E-state index in [9.17, 15) is 14.7 Å². The van der Waals surface area contributed by atoms with Gasteiger partial charge in [-0.1, -0.05) is 0 Å². The normalized spacial score (nSPS) is 10.5. The van der Waals surface area contributed by atoms with E-state index in [-0.39, 0.29) is 23.2 Å². The fourth-order valence-corrected chi connectivity index (χ4v) is 1.74. The fourth-order valence-electron chi connectivity index (χ4n) is 1.74. The lowest BCUT2D eigenvalue weighted by molar-refractivity contribution is 0.102. The molecule has 0 aliphatic carbocycles. The molecule has 0 unspecified atom stereocenters. The van der Waals surface area contributed by atoms with Crippen molar-refractivity contribution in [2.24, 2.45) is 0 Å². The summed E-state index contributed by atoms with van der Waals surface area (Å²) in [5, 5.41) is 24.5. The van der Waals surface area contributed by atoms with Gasteiger partial charge in [0.15, 0.2) is 5.82 Å². The van der Waals surface area contributed by atoms with Crippen LogP contribution < -0.4 is 10.1 Å². The van der Waals surface area contributed by atoms with Gasteiger partial charge in [-0.3, -0.25) is 4.79 Å². The average molecular weight is 305 g/mol. The Morgan fingerprint density at radius 3 is 2.64 bits per heavy atom. The summed E-state index contributed by atoms with van der Waals surface area (Å²) in [6.07, 6.45) is -0.164. The zero-order valence-corrected chi connectivity index (χ0v) is 12.0. The van der Waals surface area contributed by atoms with Crippen molar-refractivity contribution >= 4 is 17.8 Å². The lowest BCUT2D eigenvalue weighted by Crippen LogP contribution is -2.14. The first-order valence-electron chi connectivity index (χ1n) is 6.46. The summed E-state index contributed by atoms with van der Waals surface area (Å²) in [5.41, 5.74) is 0.167. The van der Waals surface area contributed by atoms with E-state index >= 15 is 0 Å². The minimum Gasteiger partial charge on any atom is -0.508 e. The van der Waals surface area contributed by atoms with Crippen molar-refractivity contribution in [3.8, 4) is 11.5 Å². The van der Waals surface area contributed by atoms with E-state index in [1.54, 1.807) is 0 Å². The number of rotatable bonds is 4. The van der Waals surface area contributed by atoms with Crippen molar-refractivity contribution in [3.05, 3.63) is 36.0 Å². The number of anilines is 1. The number of phenolic OH excluding ortho intramolecular Hbond substituents is 1. The fraction of sp³-hybridized carbons (Fsp3) is 0.214. The van der Waals surface area contributed by atoms with Gasteiger partial charge >= 0.3 is 6.09 Å². The molecule has 0 saturated carbocycles. The summed E-state index contributed by atoms with van der Waals surface area (Å²) in [7, 11) is 0. The summed E-state index contributed by atoms with van der Waals surface area (Å²) in [5.74, 6) is -0.210. The highest BCUT2D eigenvalue weighted by molar-refractivity contribution is 6.04. The number of carboxylic acid groups (broad SMARTS) is 1. The van der Waals surface area contributed by atoms with Crippen LogP contribution in [0.3, 0.4) is 0 Å². The van der Waals surface area contributed by atoms with Crippen LogP contribution in [-0.4, -0.2) is 38.1 Å². The smallest absolute Gasteiger partial charge is 0.432 e. The molecule has 8 heteroatoms. The van der Waals surface area contributed by atoms with Crippen LogP contribution in [0.25, 0.3) is 0 Å². The molecule has 2 aromatic rings. The molecular weight excluding hydrogens is 290 g/mol. The zero-order chi connectivity index (χ0) is 16.3. The Hall–Kier alpha value is -3.03. The molecule has 1 amide bonds. The number of phenols is 1. The number of benzene rings is 1. The third-order valence-electron chi connectivity index (χ3n) is 2.55. The Morgan fingerprint density at radius 1 is 1.32 bits per heavy atom. The Balaban J connectivity index is 2.17. The van der Waals surface area contributed by atoms with E-state index in [1.165, 1.54) is 30.5 Å². The highest BCUT2D eigenvalue weighted by Crippen LogP contribution is 2.23. The second kappa shape index (κ2) is 6.17. The minimum absolute atomic E-state index is 0.0853. The molecule has 1 heterocycles. The Kier molecular flexibility index (Phi) is 4.31. The van der Waals surface area contributed by atoms with Gasteiger partial charge in [-0.25, -0.2) is 4.79 Å². The van der Waals surface area contributed by atoms with Crippen molar-refractivity contribution in [3.63, 3.8) is 0 Å². The van der Waals surface area contributed by atoms with Crippen molar-refractivity contribution in [1.82, 2.24) is 9.78 Å². The summed E-state index contributed by atoms with van der Waals surface area (Å²) in [6.45, 7) is 3.64. The highest BCUT2D eigenvalue weighted by Gasteiger charge is 2.13. The largest absolute Gasteiger partial charge is 0.508 e. The lowest BCUT2D eigenvalue weighted by Gasteiger charge is -2.11. The molecule has 0 saturated heterocycles. The Bertz CT molecular complexity index is 708. The van der Waals surface area contributed by atoms with Gasteiger partial charge in [-0.2, -0.15) is 4.68 Å². The topological polar surface area (TPSA) is 114 Å². The number of nitrogens with one attached hydrogen (secondary N) is 1. The molecule has 1 aromatic heterocycles. The first-order chi connectivity index (χ1) is 10.3. The molecular formula is C14H15N3O5. The molecule has 22 heavy (non-hydrogen) atoms. The highest BCUT2D eigenvalue weighted by atomic mass is 16.5. The van der Waals surface area contributed by atoms with Gasteiger partial charge in [0.25, 0.3) is 5.91 Å². The quantitative estimate of drug-likeness (QED) is 0.797. The van der Waals surface area contributed by atoms with Gasteiger partial charge < -0.3 is 20.3 Å². The van der Waals surface area contributed by atoms with Gasteiger partial charge in [0.1, 0.15) is 11.5 Å². The van der Waals surface area contributed by atoms with E-state index in [0.29, 0.717) is 10.4 Å². The maximum Gasteiger partial charge on any atom is 0.432 e. The second-order valence-corrected chi connectivity index (χ2v) is 4.76. The van der Waals surface area contributed by atoms with Crippen molar-refractivity contribution in [2.75, 3.05) is 5.32 Å². The van der Waals surface area contributed by atoms with Gasteiger partial charge in [0.2, 0.25) is 0 Å². The number of aromatic nitrogens is 2. The summed E-state index contributed by atoms with van der Waals surface area (Å²) < 4.78 is 6.11. The minimum atomic E-state index is -1.26. The number of ether oxygens (including phenoxy) is 1. The third kappa shape index (κ3) is 3.75. The number of carbonyl (C=O) groups is 2. The SMILES string of the molecule is CC(C)Oc1cc(O)cc(C(=O)Nc2ccn(C(=O)O)n2)c1. The van der Waals surface area contributed by atoms with E-state index in [4.69, 9.17) is 9.84 Å². The Morgan fingerprint density at radius 2 is 2.05 bits per heavy atom. The molecule has 0 spiro atoms. The van der Waals surface area contributed by atoms with E-state index in [1.807, 2.05) is 13.8 Å². The monoisotopic (exact) mass is 305 g/mol. The average Bonchev–Trinajstić information content (AvgIpc) is 2.85. The van der Waals surface area contributed by atoms with Crippen LogP contribution in [0.1, 0.15) is 24.2 Å². The van der Waals surface area contributed by atoms with Crippen molar-refractivity contribution in [2.45, 2.75) is 20.0 Å². The number of amides is 1. The van der Waals surface area contributed by atoms with Gasteiger partial charge in [-0.15, -0.1) is 5.10 Å². The first-order valence-corrected chi connectivity index (χ1v) is 6.46. The maximum absolute atomic E-state index is 12.1. The van der Waals surface area contributed by atoms with Crippen LogP contribution in [0.4, 0.5) is 10.6 Å². The summed E-state index contributed by atoms with van der Waals surface area (Å²) in [6, 6.07) is 5.50. The van der Waals surface area contributed by atoms with Crippen LogP contribution in [-0.2, 0) is 0 Å². The van der Waals surface area contributed by atoms with Crippen LogP contribution in [0.15, 0.2) is 30.5 Å². The first kappa shape index (κ1) is 15.4. The van der Waals surface area contributed by atoms with Crippen LogP contribution >= 0.6 is 0 Å². The molecule has 8 nitrogen and oxygen atoms in total. The molecule has 116 valence electrons. The molecule has 2 rings (SSSR count). The predicted octanol–water partition coefficient (Wildman–Crippen LogP) is 2.15. The molecule has 0 aliphatic heterocycles. The molecule has 0 radical (unpaired) electrons. The lowest BCUT2D eigenvalue weighted by atomic mass is 10.2. The van der Waals surface area contributed by atoms with Gasteiger partial charge in [0.05, 0.1) is 6.10 Å². The van der Waals surface area contributed by atoms with Crippen LogP contribution in [0.5, 0.6) is 11.5 Å². The van der Waals surface area contributed by atoms with Crippen molar-refractivity contribution < 1.29 is 24.5 Å². The van der Waals surface area contributed by atoms with E-state index < -0.39 is 12.0 Å². The maximum atomic E-state index is 12.1. The predicted molar refractivity (Wildman–Crippen MR) is 77.5 cm³/mol. The van der Waals surface area contributed by atoms with Crippen molar-refractivity contribution in [1.29, 1.82) is 0 Å². The number of hydrogen-bond donors (Lipinski definition) is 3. The molecule has 3 N–H and O–H groups in total. The van der Waals surface area contributed by atoms with Gasteiger partial charge in [-0.05, 0) is 26.0 Å².